The van der Waals surface area contributed by atoms with Crippen LogP contribution in [0.3, 0.4) is 0 Å². The van der Waals surface area contributed by atoms with Crippen molar-refractivity contribution in [2.24, 2.45) is 0 Å². The average Bonchev–Trinajstić information content (AvgIpc) is 2.34. The summed E-state index contributed by atoms with van der Waals surface area (Å²) in [6.45, 7) is 0. The van der Waals surface area contributed by atoms with Crippen molar-refractivity contribution in [2.75, 3.05) is 0 Å². The van der Waals surface area contributed by atoms with Crippen LogP contribution in [0, 0.1) is 0 Å². The van der Waals surface area contributed by atoms with Crippen LogP contribution in [0.1, 0.15) is 0 Å². The quantitative estimate of drug-likeness (QED) is 0.584. The Labute approximate surface area is 57.6 Å². The molecule has 2 aromatic rings. The zero-order valence-electron chi connectivity index (χ0n) is 5.23. The van der Waals surface area contributed by atoms with Crippen LogP contribution >= 0.6 is 0 Å². The van der Waals surface area contributed by atoms with E-state index in [0.717, 1.165) is 5.65 Å². The molecule has 0 bridgehead atoms. The molecule has 0 amide bonds. The second-order valence-corrected chi connectivity index (χ2v) is 2.05. The molecule has 1 N–H and O–H groups in total. The zero-order valence-corrected chi connectivity index (χ0v) is 5.23. The molecule has 0 aliphatic carbocycles. The Kier molecular flexibility index (Phi) is 0.917. The van der Waals surface area contributed by atoms with Crippen LogP contribution in [0.5, 0.6) is 5.88 Å². The van der Waals surface area contributed by atoms with Gasteiger partial charge in [0.2, 0.25) is 5.88 Å². The van der Waals surface area contributed by atoms with E-state index in [0.29, 0.717) is 0 Å². The van der Waals surface area contributed by atoms with Crippen LogP contribution in [0.25, 0.3) is 5.65 Å². The highest BCUT2D eigenvalue weighted by Gasteiger charge is 1.95. The molecule has 0 radical (unpaired) electrons. The van der Waals surface area contributed by atoms with Crippen molar-refractivity contribution in [3.63, 3.8) is 0 Å². The first-order valence-corrected chi connectivity index (χ1v) is 2.99. The summed E-state index contributed by atoms with van der Waals surface area (Å²) in [5, 5.41) is 9.11. The number of hydrogen-bond acceptors (Lipinski definition) is 2. The van der Waals surface area contributed by atoms with Gasteiger partial charge in [-0.3, -0.25) is 4.40 Å². The van der Waals surface area contributed by atoms with Gasteiger partial charge in [-0.15, -0.1) is 0 Å². The number of pyridine rings is 1. The van der Waals surface area contributed by atoms with Crippen LogP contribution in [0.15, 0.2) is 30.6 Å². The van der Waals surface area contributed by atoms with Gasteiger partial charge in [0.05, 0.1) is 6.20 Å². The summed E-state index contributed by atoms with van der Waals surface area (Å²) < 4.78 is 1.61. The highest BCUT2D eigenvalue weighted by molar-refractivity contribution is 5.41. The van der Waals surface area contributed by atoms with E-state index in [2.05, 4.69) is 4.98 Å². The number of aromatic nitrogens is 2. The smallest absolute Gasteiger partial charge is 0.215 e. The summed E-state index contributed by atoms with van der Waals surface area (Å²) in [5.74, 6) is 0.176. The summed E-state index contributed by atoms with van der Waals surface area (Å²) in [6, 6.07) is 5.55. The van der Waals surface area contributed by atoms with E-state index in [4.69, 9.17) is 5.11 Å². The maximum Gasteiger partial charge on any atom is 0.215 e. The predicted molar refractivity (Wildman–Crippen MR) is 36.9 cm³/mol. The Hall–Kier alpha value is -1.51. The van der Waals surface area contributed by atoms with E-state index in [9.17, 15) is 0 Å². The van der Waals surface area contributed by atoms with Crippen molar-refractivity contribution in [1.29, 1.82) is 0 Å². The van der Waals surface area contributed by atoms with E-state index >= 15 is 0 Å². The first-order valence-electron chi connectivity index (χ1n) is 2.99. The van der Waals surface area contributed by atoms with Gasteiger partial charge in [0.1, 0.15) is 5.65 Å². The summed E-state index contributed by atoms with van der Waals surface area (Å²) >= 11 is 0. The molecule has 0 atom stereocenters. The summed E-state index contributed by atoms with van der Waals surface area (Å²) in [4.78, 5) is 3.93. The number of imidazole rings is 1. The third kappa shape index (κ3) is 0.572. The van der Waals surface area contributed by atoms with E-state index in [-0.39, 0.29) is 5.88 Å². The Morgan fingerprint density at radius 1 is 1.40 bits per heavy atom. The van der Waals surface area contributed by atoms with Gasteiger partial charge in [0.15, 0.2) is 0 Å². The first kappa shape index (κ1) is 5.29. The fourth-order valence-corrected chi connectivity index (χ4v) is 0.919. The number of nitrogens with zero attached hydrogens (tertiary/aromatic N) is 2. The van der Waals surface area contributed by atoms with Crippen molar-refractivity contribution >= 4 is 5.65 Å². The van der Waals surface area contributed by atoms with Gasteiger partial charge < -0.3 is 5.11 Å². The molecule has 3 nitrogen and oxygen atoms in total. The Bertz CT molecular complexity index is 353. The summed E-state index contributed by atoms with van der Waals surface area (Å²) in [6.07, 6.45) is 3.19. The zero-order chi connectivity index (χ0) is 6.97. The number of aromatic hydroxyl groups is 1. The molecule has 2 heterocycles. The molecule has 50 valence electrons. The van der Waals surface area contributed by atoms with Gasteiger partial charge in [-0.25, -0.2) is 4.98 Å². The highest BCUT2D eigenvalue weighted by Crippen LogP contribution is 2.10. The van der Waals surface area contributed by atoms with Crippen LogP contribution in [-0.2, 0) is 0 Å². The van der Waals surface area contributed by atoms with Gasteiger partial charge in [0.25, 0.3) is 0 Å². The van der Waals surface area contributed by atoms with Gasteiger partial charge in [-0.05, 0) is 12.1 Å². The molecule has 0 saturated heterocycles. The second kappa shape index (κ2) is 1.73. The molecule has 2 rings (SSSR count). The van der Waals surface area contributed by atoms with Crippen LogP contribution in [-0.4, -0.2) is 14.5 Å². The lowest BCUT2D eigenvalue weighted by Gasteiger charge is -1.90. The molecular weight excluding hydrogens is 128 g/mol. The lowest BCUT2D eigenvalue weighted by atomic mass is 10.5. The van der Waals surface area contributed by atoms with E-state index in [1.54, 1.807) is 10.6 Å². The fourth-order valence-electron chi connectivity index (χ4n) is 0.919. The Balaban J connectivity index is 2.93. The molecule has 0 unspecified atom stereocenters. The van der Waals surface area contributed by atoms with E-state index in [1.807, 2.05) is 18.2 Å². The minimum atomic E-state index is 0.176. The van der Waals surface area contributed by atoms with Crippen molar-refractivity contribution in [3.05, 3.63) is 30.6 Å². The van der Waals surface area contributed by atoms with Crippen molar-refractivity contribution in [2.45, 2.75) is 0 Å². The molecule has 0 fully saturated rings. The van der Waals surface area contributed by atoms with Crippen molar-refractivity contribution in [3.8, 4) is 5.88 Å². The molecular formula is C7H6N2O. The molecule has 0 saturated carbocycles. The van der Waals surface area contributed by atoms with Gasteiger partial charge >= 0.3 is 0 Å². The molecule has 0 aliphatic rings. The number of rotatable bonds is 0. The number of fused-ring (bicyclic) bond motifs is 1. The first-order chi connectivity index (χ1) is 4.88. The van der Waals surface area contributed by atoms with Crippen LogP contribution in [0.4, 0.5) is 0 Å². The minimum Gasteiger partial charge on any atom is -0.493 e. The summed E-state index contributed by atoms with van der Waals surface area (Å²) in [5.41, 5.74) is 0.764. The van der Waals surface area contributed by atoms with Gasteiger partial charge in [-0.2, -0.15) is 0 Å². The Morgan fingerprint density at radius 2 is 2.30 bits per heavy atom. The Morgan fingerprint density at radius 3 is 3.10 bits per heavy atom. The van der Waals surface area contributed by atoms with Crippen molar-refractivity contribution < 1.29 is 5.11 Å². The molecule has 0 aliphatic heterocycles. The third-order valence-corrected chi connectivity index (χ3v) is 1.40. The predicted octanol–water partition coefficient (Wildman–Crippen LogP) is 1.04. The molecule has 0 aromatic carbocycles. The molecule has 3 heteroatoms. The van der Waals surface area contributed by atoms with E-state index in [1.165, 1.54) is 6.20 Å². The van der Waals surface area contributed by atoms with Crippen LogP contribution < -0.4 is 0 Å². The highest BCUT2D eigenvalue weighted by atomic mass is 16.3. The lowest BCUT2D eigenvalue weighted by molar-refractivity contribution is 0.448. The van der Waals surface area contributed by atoms with Crippen LogP contribution in [0.2, 0.25) is 0 Å². The normalized spacial score (nSPS) is 10.4. The molecule has 2 aromatic heterocycles. The largest absolute Gasteiger partial charge is 0.493 e. The average molecular weight is 134 g/mol. The van der Waals surface area contributed by atoms with Gasteiger partial charge in [-0.1, -0.05) is 6.07 Å². The standard InChI is InChI=1S/C7H6N2O/c10-7-5-8-6-3-1-2-4-9(6)7/h1-5,10H. The lowest BCUT2D eigenvalue weighted by Crippen LogP contribution is -1.79. The van der Waals surface area contributed by atoms with Crippen molar-refractivity contribution in [1.82, 2.24) is 9.38 Å². The SMILES string of the molecule is Oc1cnc2ccccn12. The topological polar surface area (TPSA) is 37.5 Å². The monoisotopic (exact) mass is 134 g/mol. The van der Waals surface area contributed by atoms with E-state index < -0.39 is 0 Å². The second-order valence-electron chi connectivity index (χ2n) is 2.05. The fraction of sp³-hybridized carbons (Fsp3) is 0. The summed E-state index contributed by atoms with van der Waals surface area (Å²) in [7, 11) is 0. The van der Waals surface area contributed by atoms with Gasteiger partial charge in [0, 0.05) is 6.20 Å². The molecule has 0 spiro atoms. The minimum absolute atomic E-state index is 0.176. The maximum absolute atomic E-state index is 9.11. The number of hydrogen-bond donors (Lipinski definition) is 1. The third-order valence-electron chi connectivity index (χ3n) is 1.40. The molecule has 10 heavy (non-hydrogen) atoms. The maximum atomic E-state index is 9.11.